The van der Waals surface area contributed by atoms with Crippen LogP contribution >= 0.6 is 0 Å². The lowest BCUT2D eigenvalue weighted by molar-refractivity contribution is 0.00909. The number of ether oxygens (including phenoxy) is 6. The number of hydrogen-bond acceptors (Lipinski definition) is 8. The van der Waals surface area contributed by atoms with E-state index in [9.17, 15) is 0 Å². The molecule has 0 N–H and O–H groups in total. The molecule has 196 valence electrons. The van der Waals surface area contributed by atoms with E-state index in [0.29, 0.717) is 79.3 Å². The van der Waals surface area contributed by atoms with Crippen molar-refractivity contribution in [3.05, 3.63) is 60.7 Å². The summed E-state index contributed by atoms with van der Waals surface area (Å²) in [6, 6.07) is 20.3. The van der Waals surface area contributed by atoms with Gasteiger partial charge in [0.15, 0.2) is 0 Å². The molecule has 2 aromatic carbocycles. The lowest BCUT2D eigenvalue weighted by Gasteiger charge is -2.31. The van der Waals surface area contributed by atoms with Gasteiger partial charge in [0.25, 0.3) is 0 Å². The van der Waals surface area contributed by atoms with Gasteiger partial charge in [-0.25, -0.2) is 0 Å². The van der Waals surface area contributed by atoms with Gasteiger partial charge < -0.3 is 37.3 Å². The summed E-state index contributed by atoms with van der Waals surface area (Å²) in [5.41, 5.74) is 0. The van der Waals surface area contributed by atoms with E-state index in [-0.39, 0.29) is 0 Å². The van der Waals surface area contributed by atoms with E-state index in [0.717, 1.165) is 10.4 Å². The Morgan fingerprint density at radius 3 is 1.09 bits per heavy atom. The average molecular weight is 509 g/mol. The molecule has 0 saturated heterocycles. The van der Waals surface area contributed by atoms with Gasteiger partial charge in [0, 0.05) is 14.2 Å². The summed E-state index contributed by atoms with van der Waals surface area (Å²) in [6.45, 7) is 6.01. The first kappa shape index (κ1) is 29.6. The zero-order valence-corrected chi connectivity index (χ0v) is 22.0. The topological polar surface area (TPSA) is 73.8 Å². The second-order valence-corrected chi connectivity index (χ2v) is 10.4. The quantitative estimate of drug-likeness (QED) is 0.176. The van der Waals surface area contributed by atoms with Gasteiger partial charge in [-0.1, -0.05) is 60.7 Å². The standard InChI is InChI=1S/C26H40O8Si/c1-27-13-15-29-17-19-31-21-23-33-35(25-9-5-3-6-10-25,26-11-7-4-8-12-26)34-24-22-32-20-18-30-16-14-28-2/h3-12H,13-24H2,1-2H3. The van der Waals surface area contributed by atoms with Crippen molar-refractivity contribution < 1.29 is 37.3 Å². The van der Waals surface area contributed by atoms with Crippen molar-refractivity contribution in [2.75, 3.05) is 93.5 Å². The molecule has 2 aromatic rings. The zero-order chi connectivity index (χ0) is 24.9. The Bertz CT molecular complexity index is 671. The van der Waals surface area contributed by atoms with Gasteiger partial charge in [-0.3, -0.25) is 0 Å². The van der Waals surface area contributed by atoms with Crippen LogP contribution in [0.3, 0.4) is 0 Å². The fourth-order valence-corrected chi connectivity index (χ4v) is 6.36. The van der Waals surface area contributed by atoms with Gasteiger partial charge in [-0.05, 0) is 10.4 Å². The maximum Gasteiger partial charge on any atom is 0.407 e. The summed E-state index contributed by atoms with van der Waals surface area (Å²) in [5.74, 6) is 0. The van der Waals surface area contributed by atoms with Gasteiger partial charge in [0.2, 0.25) is 0 Å². The minimum atomic E-state index is -2.98. The van der Waals surface area contributed by atoms with E-state index in [4.69, 9.17) is 37.3 Å². The van der Waals surface area contributed by atoms with Gasteiger partial charge in [-0.15, -0.1) is 0 Å². The van der Waals surface area contributed by atoms with Crippen LogP contribution in [-0.4, -0.2) is 102 Å². The molecule has 0 radical (unpaired) electrons. The molecule has 0 saturated carbocycles. The molecule has 9 heteroatoms. The Morgan fingerprint density at radius 1 is 0.429 bits per heavy atom. The Labute approximate surface area is 210 Å². The summed E-state index contributed by atoms with van der Waals surface area (Å²) in [5, 5.41) is 2.08. The largest absolute Gasteiger partial charge is 0.407 e. The molecular weight excluding hydrogens is 468 g/mol. The zero-order valence-electron chi connectivity index (χ0n) is 21.0. The lowest BCUT2D eigenvalue weighted by atomic mass is 10.4. The molecule has 8 nitrogen and oxygen atoms in total. The average Bonchev–Trinajstić information content (AvgIpc) is 2.91. The van der Waals surface area contributed by atoms with E-state index in [1.54, 1.807) is 14.2 Å². The van der Waals surface area contributed by atoms with Gasteiger partial charge >= 0.3 is 8.56 Å². The van der Waals surface area contributed by atoms with E-state index in [1.165, 1.54) is 0 Å². The number of benzene rings is 2. The predicted molar refractivity (Wildman–Crippen MR) is 137 cm³/mol. The highest BCUT2D eigenvalue weighted by Crippen LogP contribution is 2.10. The van der Waals surface area contributed by atoms with Gasteiger partial charge in [-0.2, -0.15) is 0 Å². The summed E-state index contributed by atoms with van der Waals surface area (Å²) in [4.78, 5) is 0. The molecule has 0 bridgehead atoms. The molecule has 0 aliphatic rings. The van der Waals surface area contributed by atoms with Crippen LogP contribution in [0.4, 0.5) is 0 Å². The molecule has 0 spiro atoms. The van der Waals surface area contributed by atoms with Crippen LogP contribution in [0.5, 0.6) is 0 Å². The molecule has 0 atom stereocenters. The predicted octanol–water partition coefficient (Wildman–Crippen LogP) is 1.64. The van der Waals surface area contributed by atoms with Gasteiger partial charge in [0.05, 0.1) is 79.3 Å². The summed E-state index contributed by atoms with van der Waals surface area (Å²) < 4.78 is 45.3. The Hall–Kier alpha value is -1.66. The van der Waals surface area contributed by atoms with Crippen LogP contribution in [0, 0.1) is 0 Å². The van der Waals surface area contributed by atoms with Crippen LogP contribution in [0.15, 0.2) is 60.7 Å². The van der Waals surface area contributed by atoms with Crippen molar-refractivity contribution in [1.82, 2.24) is 0 Å². The second kappa shape index (κ2) is 19.5. The Morgan fingerprint density at radius 2 is 0.743 bits per heavy atom. The van der Waals surface area contributed by atoms with Crippen molar-refractivity contribution in [3.8, 4) is 0 Å². The first-order chi connectivity index (χ1) is 17.3. The normalized spacial score (nSPS) is 11.7. The smallest absolute Gasteiger partial charge is 0.385 e. The summed E-state index contributed by atoms with van der Waals surface area (Å²) in [6.07, 6.45) is 0. The van der Waals surface area contributed by atoms with Crippen molar-refractivity contribution in [1.29, 1.82) is 0 Å². The Kier molecular flexibility index (Phi) is 16.5. The van der Waals surface area contributed by atoms with E-state index >= 15 is 0 Å². The maximum absolute atomic E-state index is 6.56. The molecule has 0 aromatic heterocycles. The molecular formula is C26H40O8Si. The summed E-state index contributed by atoms with van der Waals surface area (Å²) >= 11 is 0. The van der Waals surface area contributed by atoms with E-state index in [1.807, 2.05) is 36.4 Å². The highest BCUT2D eigenvalue weighted by molar-refractivity contribution is 6.92. The number of methoxy groups -OCH3 is 2. The minimum Gasteiger partial charge on any atom is -0.385 e. The molecule has 0 heterocycles. The van der Waals surface area contributed by atoms with Crippen LogP contribution in [-0.2, 0) is 37.3 Å². The molecule has 0 aliphatic heterocycles. The third-order valence-corrected chi connectivity index (χ3v) is 8.39. The Balaban J connectivity index is 1.93. The van der Waals surface area contributed by atoms with Crippen LogP contribution in [0.25, 0.3) is 0 Å². The number of hydrogen-bond donors (Lipinski definition) is 0. The van der Waals surface area contributed by atoms with Crippen LogP contribution in [0.1, 0.15) is 0 Å². The van der Waals surface area contributed by atoms with Crippen molar-refractivity contribution in [2.24, 2.45) is 0 Å². The SMILES string of the molecule is COCCOCCOCCO[Si](OCCOCCOCCOC)(c1ccccc1)c1ccccc1. The summed E-state index contributed by atoms with van der Waals surface area (Å²) in [7, 11) is 0.330. The van der Waals surface area contributed by atoms with Crippen LogP contribution in [0.2, 0.25) is 0 Å². The molecule has 0 fully saturated rings. The fraction of sp³-hybridized carbons (Fsp3) is 0.538. The maximum atomic E-state index is 6.56. The molecule has 35 heavy (non-hydrogen) atoms. The van der Waals surface area contributed by atoms with Crippen molar-refractivity contribution in [3.63, 3.8) is 0 Å². The first-order valence-electron chi connectivity index (χ1n) is 12.0. The minimum absolute atomic E-state index is 0.405. The van der Waals surface area contributed by atoms with E-state index in [2.05, 4.69) is 24.3 Å². The lowest BCUT2D eigenvalue weighted by Crippen LogP contribution is -2.64. The van der Waals surface area contributed by atoms with Crippen molar-refractivity contribution in [2.45, 2.75) is 0 Å². The first-order valence-corrected chi connectivity index (χ1v) is 13.8. The van der Waals surface area contributed by atoms with Crippen LogP contribution < -0.4 is 10.4 Å². The highest BCUT2D eigenvalue weighted by atomic mass is 28.4. The van der Waals surface area contributed by atoms with Gasteiger partial charge in [0.1, 0.15) is 0 Å². The fourth-order valence-electron chi connectivity index (χ4n) is 3.27. The monoisotopic (exact) mass is 508 g/mol. The van der Waals surface area contributed by atoms with E-state index < -0.39 is 8.56 Å². The molecule has 0 amide bonds. The molecule has 0 unspecified atom stereocenters. The highest BCUT2D eigenvalue weighted by Gasteiger charge is 2.42. The molecule has 0 aliphatic carbocycles. The second-order valence-electron chi connectivity index (χ2n) is 7.48. The number of rotatable bonds is 22. The molecule has 2 rings (SSSR count). The third-order valence-electron chi connectivity index (χ3n) is 4.98. The third kappa shape index (κ3) is 11.7. The van der Waals surface area contributed by atoms with Crippen molar-refractivity contribution >= 4 is 18.9 Å².